The normalized spacial score (nSPS) is 23.0. The van der Waals surface area contributed by atoms with Crippen molar-refractivity contribution < 1.29 is 9.18 Å². The molecule has 118 valence electrons. The SMILES string of the molecule is C1C[C@@H]2CC[C@H](C1)N2.O=CNCc1ccc2n[nH]c(F)c2c1. The molecule has 6 heteroatoms. The summed E-state index contributed by atoms with van der Waals surface area (Å²) in [5, 5.41) is 12.5. The lowest BCUT2D eigenvalue weighted by atomic mass is 10.1. The van der Waals surface area contributed by atoms with Crippen LogP contribution in [-0.2, 0) is 11.3 Å². The number of rotatable bonds is 3. The molecule has 1 aromatic heterocycles. The molecule has 0 unspecified atom stereocenters. The Balaban J connectivity index is 0.000000151. The zero-order chi connectivity index (χ0) is 15.4. The third-order valence-electron chi connectivity index (χ3n) is 4.40. The number of carbonyl (C=O) groups excluding carboxylic acids is 1. The minimum Gasteiger partial charge on any atom is -0.355 e. The van der Waals surface area contributed by atoms with Crippen molar-refractivity contribution in [3.63, 3.8) is 0 Å². The van der Waals surface area contributed by atoms with E-state index in [1.807, 2.05) is 0 Å². The van der Waals surface area contributed by atoms with Gasteiger partial charge in [-0.25, -0.2) is 0 Å². The maximum absolute atomic E-state index is 13.0. The van der Waals surface area contributed by atoms with Crippen molar-refractivity contribution in [2.24, 2.45) is 0 Å². The second-order valence-electron chi connectivity index (χ2n) is 5.96. The van der Waals surface area contributed by atoms with Gasteiger partial charge in [-0.1, -0.05) is 12.5 Å². The Hall–Kier alpha value is -1.95. The predicted octanol–water partition coefficient (Wildman–Crippen LogP) is 2.24. The number of hydrogen-bond donors (Lipinski definition) is 3. The highest BCUT2D eigenvalue weighted by Gasteiger charge is 2.26. The maximum Gasteiger partial charge on any atom is 0.216 e. The number of amides is 1. The fraction of sp³-hybridized carbons (Fsp3) is 0.500. The molecule has 2 aromatic rings. The van der Waals surface area contributed by atoms with Gasteiger partial charge >= 0.3 is 0 Å². The number of aromatic amines is 1. The summed E-state index contributed by atoms with van der Waals surface area (Å²) in [5.74, 6) is -0.451. The number of H-pyrrole nitrogens is 1. The summed E-state index contributed by atoms with van der Waals surface area (Å²) in [6.07, 6.45) is 7.86. The van der Waals surface area contributed by atoms with Gasteiger partial charge in [0, 0.05) is 18.6 Å². The third kappa shape index (κ3) is 3.44. The lowest BCUT2D eigenvalue weighted by Gasteiger charge is -2.19. The highest BCUT2D eigenvalue weighted by Crippen LogP contribution is 2.25. The van der Waals surface area contributed by atoms with Crippen LogP contribution >= 0.6 is 0 Å². The van der Waals surface area contributed by atoms with Crippen LogP contribution in [0, 0.1) is 5.95 Å². The number of hydrogen-bond acceptors (Lipinski definition) is 3. The monoisotopic (exact) mass is 304 g/mol. The molecule has 1 aromatic carbocycles. The lowest BCUT2D eigenvalue weighted by Crippen LogP contribution is -2.33. The first kappa shape index (κ1) is 15.0. The minimum atomic E-state index is -0.451. The Labute approximate surface area is 128 Å². The molecule has 2 bridgehead atoms. The number of nitrogens with one attached hydrogen (secondary N) is 3. The summed E-state index contributed by atoms with van der Waals surface area (Å²) < 4.78 is 13.0. The van der Waals surface area contributed by atoms with Gasteiger partial charge in [0.25, 0.3) is 0 Å². The van der Waals surface area contributed by atoms with Crippen molar-refractivity contribution in [3.8, 4) is 0 Å². The van der Waals surface area contributed by atoms with Crippen LogP contribution in [0.2, 0.25) is 0 Å². The Kier molecular flexibility index (Phi) is 4.68. The molecule has 2 saturated heterocycles. The van der Waals surface area contributed by atoms with Crippen LogP contribution in [0.3, 0.4) is 0 Å². The molecule has 0 spiro atoms. The first-order valence-corrected chi connectivity index (χ1v) is 7.82. The number of carbonyl (C=O) groups is 1. The summed E-state index contributed by atoms with van der Waals surface area (Å²) in [6, 6.07) is 6.98. The molecule has 3 heterocycles. The van der Waals surface area contributed by atoms with Gasteiger partial charge in [0.15, 0.2) is 0 Å². The van der Waals surface area contributed by atoms with Gasteiger partial charge in [-0.05, 0) is 43.4 Å². The van der Waals surface area contributed by atoms with E-state index in [9.17, 15) is 9.18 Å². The van der Waals surface area contributed by atoms with Crippen molar-refractivity contribution in [2.75, 3.05) is 0 Å². The summed E-state index contributed by atoms with van der Waals surface area (Å²) in [4.78, 5) is 10.1. The fourth-order valence-corrected chi connectivity index (χ4v) is 3.26. The van der Waals surface area contributed by atoms with Crippen molar-refractivity contribution in [3.05, 3.63) is 29.7 Å². The van der Waals surface area contributed by atoms with Gasteiger partial charge in [-0.3, -0.25) is 9.89 Å². The first-order chi connectivity index (χ1) is 10.8. The Morgan fingerprint density at radius 3 is 2.73 bits per heavy atom. The lowest BCUT2D eigenvalue weighted by molar-refractivity contribution is -0.109. The van der Waals surface area contributed by atoms with E-state index in [4.69, 9.17) is 0 Å². The molecular formula is C16H21FN4O. The summed E-state index contributed by atoms with van der Waals surface area (Å²) in [6.45, 7) is 0.393. The molecule has 0 aliphatic carbocycles. The molecule has 2 aliphatic heterocycles. The number of benzene rings is 1. The van der Waals surface area contributed by atoms with E-state index in [-0.39, 0.29) is 0 Å². The van der Waals surface area contributed by atoms with Crippen molar-refractivity contribution in [1.82, 2.24) is 20.8 Å². The van der Waals surface area contributed by atoms with E-state index in [0.717, 1.165) is 17.6 Å². The highest BCUT2D eigenvalue weighted by molar-refractivity contribution is 5.79. The summed E-state index contributed by atoms with van der Waals surface area (Å²) in [7, 11) is 0. The highest BCUT2D eigenvalue weighted by atomic mass is 19.1. The quantitative estimate of drug-likeness (QED) is 0.762. The number of nitrogens with zero attached hydrogens (tertiary/aromatic N) is 1. The number of piperidine rings is 1. The van der Waals surface area contributed by atoms with Crippen molar-refractivity contribution in [1.29, 1.82) is 0 Å². The largest absolute Gasteiger partial charge is 0.355 e. The predicted molar refractivity (Wildman–Crippen MR) is 82.8 cm³/mol. The van der Waals surface area contributed by atoms with E-state index in [0.29, 0.717) is 23.9 Å². The molecule has 3 N–H and O–H groups in total. The molecule has 2 atom stereocenters. The van der Waals surface area contributed by atoms with Crippen LogP contribution in [0.15, 0.2) is 18.2 Å². The van der Waals surface area contributed by atoms with E-state index < -0.39 is 5.95 Å². The summed E-state index contributed by atoms with van der Waals surface area (Å²) in [5.41, 5.74) is 1.42. The van der Waals surface area contributed by atoms with Crippen LogP contribution in [-0.4, -0.2) is 28.7 Å². The molecular weight excluding hydrogens is 283 g/mol. The molecule has 2 fully saturated rings. The topological polar surface area (TPSA) is 69.8 Å². The average Bonchev–Trinajstić information content (AvgIpc) is 3.08. The molecule has 0 saturated carbocycles. The first-order valence-electron chi connectivity index (χ1n) is 7.82. The van der Waals surface area contributed by atoms with Crippen LogP contribution in [0.5, 0.6) is 0 Å². The van der Waals surface area contributed by atoms with Crippen LogP contribution in [0.25, 0.3) is 10.9 Å². The second-order valence-corrected chi connectivity index (χ2v) is 5.96. The van der Waals surface area contributed by atoms with Gasteiger partial charge in [-0.2, -0.15) is 9.49 Å². The van der Waals surface area contributed by atoms with E-state index in [1.165, 1.54) is 32.1 Å². The second kappa shape index (κ2) is 6.87. The summed E-state index contributed by atoms with van der Waals surface area (Å²) >= 11 is 0. The smallest absolute Gasteiger partial charge is 0.216 e. The maximum atomic E-state index is 13.0. The molecule has 2 aliphatic rings. The van der Waals surface area contributed by atoms with Crippen LogP contribution < -0.4 is 10.6 Å². The molecule has 1 amide bonds. The van der Waals surface area contributed by atoms with Gasteiger partial charge in [-0.15, -0.1) is 0 Å². The number of fused-ring (bicyclic) bond motifs is 3. The number of aromatic nitrogens is 2. The Bertz CT molecular complexity index is 628. The van der Waals surface area contributed by atoms with Gasteiger partial charge in [0.05, 0.1) is 10.9 Å². The zero-order valence-electron chi connectivity index (χ0n) is 12.4. The molecule has 0 radical (unpaired) electrons. The molecule has 22 heavy (non-hydrogen) atoms. The van der Waals surface area contributed by atoms with Crippen LogP contribution in [0.4, 0.5) is 4.39 Å². The Morgan fingerprint density at radius 1 is 1.27 bits per heavy atom. The Morgan fingerprint density at radius 2 is 2.05 bits per heavy atom. The number of halogens is 1. The van der Waals surface area contributed by atoms with Crippen molar-refractivity contribution in [2.45, 2.75) is 50.7 Å². The minimum absolute atomic E-state index is 0.393. The van der Waals surface area contributed by atoms with Gasteiger partial charge < -0.3 is 10.6 Å². The average molecular weight is 304 g/mol. The third-order valence-corrected chi connectivity index (χ3v) is 4.40. The van der Waals surface area contributed by atoms with E-state index in [1.54, 1.807) is 18.2 Å². The van der Waals surface area contributed by atoms with E-state index in [2.05, 4.69) is 20.8 Å². The van der Waals surface area contributed by atoms with E-state index >= 15 is 0 Å². The van der Waals surface area contributed by atoms with Crippen molar-refractivity contribution >= 4 is 17.3 Å². The standard InChI is InChI=1S/C9H8FN3O.C7H13N/c10-9-7-3-6(4-11-5-14)1-2-8(7)12-13-9;1-2-6-4-5-7(3-1)8-6/h1-3,5H,4H2,(H,11,14)(H,12,13);6-8H,1-5H2/t;6-,7+. The molecule has 5 nitrogen and oxygen atoms in total. The van der Waals surface area contributed by atoms with Gasteiger partial charge in [0.1, 0.15) is 0 Å². The molecule has 4 rings (SSSR count). The fourth-order valence-electron chi connectivity index (χ4n) is 3.26. The van der Waals surface area contributed by atoms with Gasteiger partial charge in [0.2, 0.25) is 12.4 Å². The zero-order valence-corrected chi connectivity index (χ0v) is 12.4. The van der Waals surface area contributed by atoms with Crippen LogP contribution in [0.1, 0.15) is 37.7 Å².